The Kier molecular flexibility index (Phi) is 2.65. The first-order valence-electron chi connectivity index (χ1n) is 2.66. The molecule has 1 rings (SSSR count). The zero-order valence-electron chi connectivity index (χ0n) is 5.20. The lowest BCUT2D eigenvalue weighted by Gasteiger charge is -1.88. The number of alkyl halides is 1. The molecular weight excluding hydrogens is 232 g/mol. The van der Waals surface area contributed by atoms with E-state index in [0.717, 1.165) is 4.55 Å². The summed E-state index contributed by atoms with van der Waals surface area (Å²) < 4.78 is 17.0. The molecule has 0 saturated heterocycles. The van der Waals surface area contributed by atoms with Gasteiger partial charge in [0.15, 0.2) is 0 Å². The molecule has 0 aliphatic carbocycles. The number of hydrogen-bond acceptors (Lipinski definition) is 1. The molecule has 0 fully saturated rings. The smallest absolute Gasteiger partial charge is 0.128 e. The Morgan fingerprint density at radius 2 is 2.56 bits per heavy atom. The second kappa shape index (κ2) is 3.31. The highest BCUT2D eigenvalue weighted by molar-refractivity contribution is 14.2. The van der Waals surface area contributed by atoms with Gasteiger partial charge in [0.2, 0.25) is 0 Å². The Balaban J connectivity index is 2.57. The van der Waals surface area contributed by atoms with E-state index in [4.69, 9.17) is 0 Å². The number of hydrogen-bond donors (Lipinski definition) is 1. The Hall–Kier alpha value is 0.1000. The predicted molar refractivity (Wildman–Crippen MR) is 49.3 cm³/mol. The van der Waals surface area contributed by atoms with E-state index >= 15 is 0 Å². The first kappa shape index (κ1) is 7.21. The minimum atomic E-state index is -1.12. The maximum absolute atomic E-state index is 12.3. The quantitative estimate of drug-likeness (QED) is 0.434. The summed E-state index contributed by atoms with van der Waals surface area (Å²) in [6.45, 7) is 0. The van der Waals surface area contributed by atoms with Crippen molar-refractivity contribution >= 4 is 26.9 Å². The van der Waals surface area contributed by atoms with E-state index in [1.54, 1.807) is 10.1 Å². The molecule has 1 aliphatic heterocycles. The highest BCUT2D eigenvalue weighted by Crippen LogP contribution is 2.14. The third-order valence-corrected chi connectivity index (χ3v) is 5.24. The summed E-state index contributed by atoms with van der Waals surface area (Å²) >= 11 is -1.12. The van der Waals surface area contributed by atoms with Crippen LogP contribution in [0.2, 0.25) is 0 Å². The summed E-state index contributed by atoms with van der Waals surface area (Å²) in [6, 6.07) is 0. The molecule has 52 valence electrons. The van der Waals surface area contributed by atoms with Crippen molar-refractivity contribution in [2.45, 2.75) is 0 Å². The minimum Gasteiger partial charge on any atom is -0.312 e. The summed E-state index contributed by atoms with van der Waals surface area (Å²) in [7, 11) is 1.90. The minimum absolute atomic E-state index is 0.0459. The van der Waals surface area contributed by atoms with Crippen LogP contribution < -0.4 is 5.32 Å². The van der Waals surface area contributed by atoms with E-state index in [2.05, 4.69) is 5.32 Å². The van der Waals surface area contributed by atoms with E-state index in [1.807, 2.05) is 11.1 Å². The molecule has 9 heavy (non-hydrogen) atoms. The van der Waals surface area contributed by atoms with Gasteiger partial charge in [-0.3, -0.25) is 0 Å². The molecular formula is C6H9FIN. The molecule has 0 radical (unpaired) electrons. The van der Waals surface area contributed by atoms with Crippen LogP contribution in [0.25, 0.3) is 0 Å². The molecule has 0 saturated carbocycles. The van der Waals surface area contributed by atoms with Crippen molar-refractivity contribution in [1.82, 2.24) is 5.32 Å². The Morgan fingerprint density at radius 3 is 3.00 bits per heavy atom. The molecule has 3 heteroatoms. The van der Waals surface area contributed by atoms with Gasteiger partial charge in [-0.25, -0.2) is 4.39 Å². The zero-order valence-corrected chi connectivity index (χ0v) is 7.35. The Morgan fingerprint density at radius 1 is 1.78 bits per heavy atom. The van der Waals surface area contributed by atoms with Crippen LogP contribution in [0.5, 0.6) is 0 Å². The van der Waals surface area contributed by atoms with Gasteiger partial charge in [0, 0.05) is 8.56 Å². The molecule has 1 N–H and O–H groups in total. The molecule has 0 spiro atoms. The average Bonchev–Trinajstić information content (AvgIpc) is 2.17. The van der Waals surface area contributed by atoms with E-state index in [0.29, 0.717) is 0 Å². The molecule has 0 aromatic carbocycles. The van der Waals surface area contributed by atoms with Crippen molar-refractivity contribution in [3.05, 3.63) is 11.9 Å². The van der Waals surface area contributed by atoms with Crippen molar-refractivity contribution in [2.75, 3.05) is 11.6 Å². The molecule has 0 aromatic heterocycles. The second-order valence-electron chi connectivity index (χ2n) is 1.71. The number of allylic oxidation sites excluding steroid dienone is 2. The second-order valence-corrected chi connectivity index (χ2v) is 6.29. The van der Waals surface area contributed by atoms with E-state index in [9.17, 15) is 4.39 Å². The maximum atomic E-state index is 12.3. The number of nitrogens with one attached hydrogen (secondary N) is 1. The van der Waals surface area contributed by atoms with Gasteiger partial charge in [0.25, 0.3) is 0 Å². The molecule has 1 aliphatic rings. The molecule has 1 nitrogen and oxygen atoms in total. The lowest BCUT2D eigenvalue weighted by Crippen LogP contribution is -2.01. The van der Waals surface area contributed by atoms with Gasteiger partial charge >= 0.3 is 0 Å². The zero-order chi connectivity index (χ0) is 6.69. The van der Waals surface area contributed by atoms with Crippen molar-refractivity contribution in [2.24, 2.45) is 0 Å². The fraction of sp³-hybridized carbons (Fsp3) is 0.333. The average molecular weight is 241 g/mol. The third-order valence-electron chi connectivity index (χ3n) is 0.916. The van der Waals surface area contributed by atoms with E-state index in [-0.39, 0.29) is 5.83 Å². The van der Waals surface area contributed by atoms with Gasteiger partial charge in [0.1, 0.15) is 5.83 Å². The Labute approximate surface area is 60.3 Å². The third kappa shape index (κ3) is 2.06. The fourth-order valence-corrected chi connectivity index (χ4v) is 3.93. The molecule has 0 bridgehead atoms. The van der Waals surface area contributed by atoms with Crippen molar-refractivity contribution in [1.29, 1.82) is 0 Å². The van der Waals surface area contributed by atoms with Crippen LogP contribution in [0, 0.1) is 0 Å². The molecule has 1 heterocycles. The molecule has 0 amide bonds. The van der Waals surface area contributed by atoms with Crippen LogP contribution in [-0.4, -0.2) is 19.6 Å². The largest absolute Gasteiger partial charge is 0.312 e. The van der Waals surface area contributed by atoms with Gasteiger partial charge < -0.3 is 5.32 Å². The van der Waals surface area contributed by atoms with Crippen molar-refractivity contribution in [3.8, 4) is 0 Å². The van der Waals surface area contributed by atoms with Gasteiger partial charge in [-0.1, -0.05) is 0 Å². The van der Waals surface area contributed by atoms with Gasteiger partial charge in [-0.2, -0.15) is 0 Å². The highest BCUT2D eigenvalue weighted by atomic mass is 127. The topological polar surface area (TPSA) is 12.0 Å². The Bertz CT molecular complexity index is 211. The highest BCUT2D eigenvalue weighted by Gasteiger charge is 1.92. The predicted octanol–water partition coefficient (Wildman–Crippen LogP) is 1.14. The van der Waals surface area contributed by atoms with Gasteiger partial charge in [-0.15, -0.1) is 18.9 Å². The number of halogens is 2. The molecule has 0 unspecified atom stereocenters. The first-order chi connectivity index (χ1) is 4.33. The van der Waals surface area contributed by atoms with Crippen LogP contribution in [0.4, 0.5) is 4.39 Å². The first-order valence-corrected chi connectivity index (χ1v) is 6.67. The van der Waals surface area contributed by atoms with Crippen LogP contribution in [0.15, 0.2) is 11.9 Å². The fourth-order valence-electron chi connectivity index (χ4n) is 0.585. The summed E-state index contributed by atoms with van der Waals surface area (Å²) in [5.41, 5.74) is 0. The van der Waals surface area contributed by atoms with Gasteiger partial charge in [-0.05, 0) is 17.1 Å². The normalized spacial score (nSPS) is 18.7. The lowest BCUT2D eigenvalue weighted by atomic mass is 10.6. The van der Waals surface area contributed by atoms with Crippen LogP contribution in [-0.2, 0) is 0 Å². The summed E-state index contributed by atoms with van der Waals surface area (Å²) in [6.07, 6.45) is 1.57. The molecule has 0 aromatic rings. The van der Waals surface area contributed by atoms with Gasteiger partial charge in [0.05, 0.1) is 0 Å². The SMILES string of the molecule is CNCI1=CC=C(F)C=1. The van der Waals surface area contributed by atoms with Crippen LogP contribution in [0.1, 0.15) is 0 Å². The summed E-state index contributed by atoms with van der Waals surface area (Å²) in [4.78, 5) is 0. The standard InChI is InChI=1S/C6H9FIN/c1-9-5-8-3-2-6(7)4-8/h2-4,9H,5H2,1H3. The maximum Gasteiger partial charge on any atom is 0.128 e. The monoisotopic (exact) mass is 241 g/mol. The van der Waals surface area contributed by atoms with E-state index in [1.165, 1.54) is 0 Å². The lowest BCUT2D eigenvalue weighted by molar-refractivity contribution is 0.691. The summed E-state index contributed by atoms with van der Waals surface area (Å²) in [5.74, 6) is -0.0459. The van der Waals surface area contributed by atoms with E-state index < -0.39 is 18.9 Å². The van der Waals surface area contributed by atoms with Crippen LogP contribution in [0.3, 0.4) is 0 Å². The van der Waals surface area contributed by atoms with Crippen molar-refractivity contribution in [3.63, 3.8) is 0 Å². The van der Waals surface area contributed by atoms with Crippen LogP contribution >= 0.6 is 18.9 Å². The van der Waals surface area contributed by atoms with Crippen molar-refractivity contribution < 1.29 is 4.39 Å². The number of rotatable bonds is 2. The molecule has 0 atom stereocenters. The summed E-state index contributed by atoms with van der Waals surface area (Å²) in [5, 5.41) is 3.04.